The second-order valence-corrected chi connectivity index (χ2v) is 4.52. The molecule has 1 aromatic rings. The number of aliphatic hydroxyl groups is 1. The Bertz CT molecular complexity index is 436. The fraction of sp³-hybridized carbons (Fsp3) is 0.364. The lowest BCUT2D eigenvalue weighted by Crippen LogP contribution is -2.50. The van der Waals surface area contributed by atoms with Crippen LogP contribution in [0, 0.1) is 0 Å². The number of carboxylic acids is 1. The van der Waals surface area contributed by atoms with E-state index in [9.17, 15) is 18.7 Å². The molecule has 17 heavy (non-hydrogen) atoms. The first-order valence-electron chi connectivity index (χ1n) is 4.85. The average Bonchev–Trinajstić information content (AvgIpc) is 2.27. The second-order valence-electron chi connectivity index (χ2n) is 3.60. The molecule has 1 aromatic carbocycles. The van der Waals surface area contributed by atoms with Crippen molar-refractivity contribution < 1.29 is 23.8 Å². The van der Waals surface area contributed by atoms with Crippen molar-refractivity contribution in [3.05, 3.63) is 34.3 Å². The topological polar surface area (TPSA) is 57.5 Å². The Kier molecular flexibility index (Phi) is 3.88. The summed E-state index contributed by atoms with van der Waals surface area (Å²) < 4.78 is 27.6. The van der Waals surface area contributed by atoms with Crippen LogP contribution in [0.25, 0.3) is 0 Å². The summed E-state index contributed by atoms with van der Waals surface area (Å²) in [6, 6.07) is 5.60. The minimum Gasteiger partial charge on any atom is -0.477 e. The molecule has 1 atom stereocenters. The highest BCUT2D eigenvalue weighted by molar-refractivity contribution is 9.10. The van der Waals surface area contributed by atoms with Crippen LogP contribution < -0.4 is 0 Å². The molecule has 0 amide bonds. The van der Waals surface area contributed by atoms with E-state index in [0.717, 1.165) is 0 Å². The lowest BCUT2D eigenvalue weighted by atomic mass is 9.85. The summed E-state index contributed by atoms with van der Waals surface area (Å²) in [7, 11) is 0. The van der Waals surface area contributed by atoms with E-state index in [0.29, 0.717) is 4.47 Å². The summed E-state index contributed by atoms with van der Waals surface area (Å²) in [5.74, 6) is -6.59. The summed E-state index contributed by atoms with van der Waals surface area (Å²) in [5.41, 5.74) is -2.86. The Morgan fingerprint density at radius 1 is 1.47 bits per heavy atom. The highest BCUT2D eigenvalue weighted by atomic mass is 79.9. The summed E-state index contributed by atoms with van der Waals surface area (Å²) in [4.78, 5) is 10.6. The van der Waals surface area contributed by atoms with E-state index in [1.165, 1.54) is 25.1 Å². The Labute approximate surface area is 105 Å². The molecule has 0 aliphatic carbocycles. The van der Waals surface area contributed by atoms with Gasteiger partial charge >= 0.3 is 11.9 Å². The predicted octanol–water partition coefficient (Wildman–Crippen LogP) is 2.77. The Morgan fingerprint density at radius 3 is 2.47 bits per heavy atom. The molecule has 0 bridgehead atoms. The van der Waals surface area contributed by atoms with Gasteiger partial charge in [-0.15, -0.1) is 0 Å². The van der Waals surface area contributed by atoms with Gasteiger partial charge in [-0.2, -0.15) is 8.78 Å². The molecule has 3 nitrogen and oxygen atoms in total. The molecule has 0 saturated carbocycles. The molecular formula is C11H11BrF2O3. The fourth-order valence-electron chi connectivity index (χ4n) is 1.53. The number of hydrogen-bond donors (Lipinski definition) is 2. The van der Waals surface area contributed by atoms with E-state index in [-0.39, 0.29) is 5.56 Å². The number of halogens is 3. The van der Waals surface area contributed by atoms with Gasteiger partial charge in [0.15, 0.2) is 5.60 Å². The van der Waals surface area contributed by atoms with Crippen LogP contribution in [0.2, 0.25) is 0 Å². The van der Waals surface area contributed by atoms with Crippen molar-refractivity contribution in [1.82, 2.24) is 0 Å². The molecule has 0 radical (unpaired) electrons. The molecule has 2 N–H and O–H groups in total. The average molecular weight is 309 g/mol. The van der Waals surface area contributed by atoms with Crippen molar-refractivity contribution in [2.45, 2.75) is 24.9 Å². The van der Waals surface area contributed by atoms with Crippen LogP contribution in [0.5, 0.6) is 0 Å². The van der Waals surface area contributed by atoms with Crippen LogP contribution in [0.15, 0.2) is 28.7 Å². The number of alkyl halides is 2. The maximum Gasteiger partial charge on any atom is 0.378 e. The number of benzene rings is 1. The molecule has 1 unspecified atom stereocenters. The Hall–Kier alpha value is -1.01. The third-order valence-electron chi connectivity index (χ3n) is 2.60. The number of carbonyl (C=O) groups is 1. The highest BCUT2D eigenvalue weighted by Crippen LogP contribution is 2.41. The van der Waals surface area contributed by atoms with E-state index < -0.39 is 23.9 Å². The van der Waals surface area contributed by atoms with E-state index in [2.05, 4.69) is 15.9 Å². The van der Waals surface area contributed by atoms with Crippen LogP contribution in [0.3, 0.4) is 0 Å². The first-order chi connectivity index (χ1) is 7.75. The second kappa shape index (κ2) is 4.70. The van der Waals surface area contributed by atoms with Gasteiger partial charge in [0.2, 0.25) is 0 Å². The maximum absolute atomic E-state index is 13.5. The normalized spacial score (nSPS) is 15.4. The third kappa shape index (κ3) is 2.32. The van der Waals surface area contributed by atoms with E-state index in [1.807, 2.05) is 0 Å². The molecule has 0 aliphatic rings. The molecule has 94 valence electrons. The monoisotopic (exact) mass is 308 g/mol. The number of aliphatic carboxylic acids is 1. The molecule has 6 heteroatoms. The van der Waals surface area contributed by atoms with Crippen molar-refractivity contribution in [1.29, 1.82) is 0 Å². The van der Waals surface area contributed by atoms with Crippen LogP contribution in [-0.4, -0.2) is 22.1 Å². The SMILES string of the molecule is CCC(O)(c1cccc(Br)c1)C(F)(F)C(=O)O. The van der Waals surface area contributed by atoms with E-state index >= 15 is 0 Å². The van der Waals surface area contributed by atoms with Crippen molar-refractivity contribution >= 4 is 21.9 Å². The van der Waals surface area contributed by atoms with E-state index in [4.69, 9.17) is 5.11 Å². The standard InChI is InChI=1S/C11H11BrF2O3/c1-2-10(17,11(13,14)9(15)16)7-4-3-5-8(12)6-7/h3-6,17H,2H2,1H3,(H,15,16). The van der Waals surface area contributed by atoms with Crippen LogP contribution in [0.4, 0.5) is 8.78 Å². The van der Waals surface area contributed by atoms with E-state index in [1.54, 1.807) is 6.07 Å². The largest absolute Gasteiger partial charge is 0.477 e. The molecule has 0 saturated heterocycles. The Balaban J connectivity index is 3.35. The van der Waals surface area contributed by atoms with Crippen LogP contribution >= 0.6 is 15.9 Å². The van der Waals surface area contributed by atoms with Crippen LogP contribution in [0.1, 0.15) is 18.9 Å². The van der Waals surface area contributed by atoms with Crippen molar-refractivity contribution in [2.75, 3.05) is 0 Å². The Morgan fingerprint density at radius 2 is 2.06 bits per heavy atom. The first kappa shape index (κ1) is 14.1. The zero-order valence-corrected chi connectivity index (χ0v) is 10.5. The highest BCUT2D eigenvalue weighted by Gasteiger charge is 2.58. The van der Waals surface area contributed by atoms with Gasteiger partial charge in [0.1, 0.15) is 0 Å². The summed E-state index contributed by atoms with van der Waals surface area (Å²) in [6.07, 6.45) is -0.414. The van der Waals surface area contributed by atoms with Gasteiger partial charge in [-0.05, 0) is 24.1 Å². The lowest BCUT2D eigenvalue weighted by molar-refractivity contribution is -0.213. The summed E-state index contributed by atoms with van der Waals surface area (Å²) >= 11 is 3.08. The van der Waals surface area contributed by atoms with Gasteiger partial charge in [-0.3, -0.25) is 0 Å². The summed E-state index contributed by atoms with van der Waals surface area (Å²) in [6.45, 7) is 1.30. The molecule has 0 aliphatic heterocycles. The minimum absolute atomic E-state index is 0.137. The first-order valence-corrected chi connectivity index (χ1v) is 5.64. The molecule has 0 spiro atoms. The fourth-order valence-corrected chi connectivity index (χ4v) is 1.93. The zero-order valence-electron chi connectivity index (χ0n) is 8.95. The molecule has 0 fully saturated rings. The van der Waals surface area contributed by atoms with Gasteiger partial charge in [0, 0.05) is 4.47 Å². The van der Waals surface area contributed by atoms with Crippen LogP contribution in [-0.2, 0) is 10.4 Å². The van der Waals surface area contributed by atoms with Gasteiger partial charge in [0.05, 0.1) is 0 Å². The molecule has 1 rings (SSSR count). The molecule has 0 aromatic heterocycles. The smallest absolute Gasteiger partial charge is 0.378 e. The molecule has 0 heterocycles. The summed E-state index contributed by atoms with van der Waals surface area (Å²) in [5, 5.41) is 18.5. The number of rotatable bonds is 4. The maximum atomic E-state index is 13.5. The minimum atomic E-state index is -4.25. The van der Waals surface area contributed by atoms with Crippen molar-refractivity contribution in [3.63, 3.8) is 0 Å². The van der Waals surface area contributed by atoms with Crippen molar-refractivity contribution in [3.8, 4) is 0 Å². The van der Waals surface area contributed by atoms with Gasteiger partial charge in [0.25, 0.3) is 0 Å². The zero-order chi connectivity index (χ0) is 13.3. The molecular weight excluding hydrogens is 298 g/mol. The number of hydrogen-bond acceptors (Lipinski definition) is 2. The number of carboxylic acid groups (broad SMARTS) is 1. The van der Waals surface area contributed by atoms with Gasteiger partial charge in [-0.25, -0.2) is 4.79 Å². The van der Waals surface area contributed by atoms with Gasteiger partial charge in [-0.1, -0.05) is 35.0 Å². The predicted molar refractivity (Wildman–Crippen MR) is 60.9 cm³/mol. The van der Waals surface area contributed by atoms with Crippen molar-refractivity contribution in [2.24, 2.45) is 0 Å². The lowest BCUT2D eigenvalue weighted by Gasteiger charge is -2.32. The third-order valence-corrected chi connectivity index (χ3v) is 3.10. The quantitative estimate of drug-likeness (QED) is 0.899. The van der Waals surface area contributed by atoms with Gasteiger partial charge < -0.3 is 10.2 Å².